The van der Waals surface area contributed by atoms with E-state index in [0.29, 0.717) is 29.4 Å². The smallest absolute Gasteiger partial charge is 0.227 e. The molecular weight excluding hydrogens is 390 g/mol. The maximum atomic E-state index is 12.6. The van der Waals surface area contributed by atoms with Gasteiger partial charge in [0.2, 0.25) is 17.7 Å². The SMILES string of the molecule is CC(=O)N[C@H](CC(=O)Nc1ccc(N2CCCC2=O)c(Cl)c1)c1ccc(C)cc1. The van der Waals surface area contributed by atoms with E-state index >= 15 is 0 Å². The van der Waals surface area contributed by atoms with Crippen LogP contribution in [-0.2, 0) is 14.4 Å². The van der Waals surface area contributed by atoms with Crippen molar-refractivity contribution in [2.45, 2.75) is 39.2 Å². The molecule has 152 valence electrons. The van der Waals surface area contributed by atoms with Crippen LogP contribution in [0.15, 0.2) is 42.5 Å². The Morgan fingerprint density at radius 1 is 1.17 bits per heavy atom. The van der Waals surface area contributed by atoms with Crippen molar-refractivity contribution in [1.82, 2.24) is 5.32 Å². The Morgan fingerprint density at radius 3 is 2.48 bits per heavy atom. The van der Waals surface area contributed by atoms with Crippen LogP contribution in [-0.4, -0.2) is 24.3 Å². The number of nitrogens with zero attached hydrogens (tertiary/aromatic N) is 1. The molecule has 0 saturated carbocycles. The number of amides is 3. The summed E-state index contributed by atoms with van der Waals surface area (Å²) < 4.78 is 0. The van der Waals surface area contributed by atoms with Gasteiger partial charge in [0.15, 0.2) is 0 Å². The van der Waals surface area contributed by atoms with E-state index in [9.17, 15) is 14.4 Å². The summed E-state index contributed by atoms with van der Waals surface area (Å²) in [5.41, 5.74) is 3.16. The van der Waals surface area contributed by atoms with E-state index in [0.717, 1.165) is 17.5 Å². The van der Waals surface area contributed by atoms with Crippen molar-refractivity contribution in [1.29, 1.82) is 0 Å². The lowest BCUT2D eigenvalue weighted by Crippen LogP contribution is -2.29. The van der Waals surface area contributed by atoms with Crippen molar-refractivity contribution in [3.8, 4) is 0 Å². The molecule has 0 radical (unpaired) electrons. The molecule has 1 saturated heterocycles. The average molecular weight is 414 g/mol. The summed E-state index contributed by atoms with van der Waals surface area (Å²) >= 11 is 6.34. The zero-order valence-corrected chi connectivity index (χ0v) is 17.3. The third kappa shape index (κ3) is 5.35. The fourth-order valence-corrected chi connectivity index (χ4v) is 3.68. The molecule has 1 atom stereocenters. The Labute approximate surface area is 175 Å². The van der Waals surface area contributed by atoms with Crippen molar-refractivity contribution in [3.05, 3.63) is 58.6 Å². The lowest BCUT2D eigenvalue weighted by molar-refractivity contribution is -0.120. The normalized spacial score (nSPS) is 14.6. The fourth-order valence-electron chi connectivity index (χ4n) is 3.40. The van der Waals surface area contributed by atoms with Gasteiger partial charge in [-0.25, -0.2) is 0 Å². The van der Waals surface area contributed by atoms with Crippen molar-refractivity contribution in [3.63, 3.8) is 0 Å². The minimum atomic E-state index is -0.426. The molecule has 7 heteroatoms. The van der Waals surface area contributed by atoms with Gasteiger partial charge in [0, 0.05) is 25.6 Å². The van der Waals surface area contributed by atoms with Gasteiger partial charge in [-0.3, -0.25) is 14.4 Å². The van der Waals surface area contributed by atoms with Gasteiger partial charge in [-0.05, 0) is 37.1 Å². The first-order valence-corrected chi connectivity index (χ1v) is 9.94. The van der Waals surface area contributed by atoms with Crippen LogP contribution in [0.3, 0.4) is 0 Å². The van der Waals surface area contributed by atoms with E-state index < -0.39 is 6.04 Å². The number of aryl methyl sites for hydroxylation is 1. The first-order chi connectivity index (χ1) is 13.8. The highest BCUT2D eigenvalue weighted by atomic mass is 35.5. The first kappa shape index (κ1) is 20.9. The predicted molar refractivity (Wildman–Crippen MR) is 114 cm³/mol. The maximum Gasteiger partial charge on any atom is 0.227 e. The lowest BCUT2D eigenvalue weighted by atomic mass is 10.0. The zero-order valence-electron chi connectivity index (χ0n) is 16.5. The van der Waals surface area contributed by atoms with Crippen LogP contribution in [0.5, 0.6) is 0 Å². The largest absolute Gasteiger partial charge is 0.349 e. The van der Waals surface area contributed by atoms with Crippen LogP contribution in [0.4, 0.5) is 11.4 Å². The number of rotatable bonds is 6. The average Bonchev–Trinajstić information content (AvgIpc) is 3.07. The van der Waals surface area contributed by atoms with E-state index in [4.69, 9.17) is 11.6 Å². The molecule has 0 spiro atoms. The molecule has 1 aliphatic heterocycles. The molecule has 0 aromatic heterocycles. The molecule has 2 aromatic rings. The maximum absolute atomic E-state index is 12.6. The summed E-state index contributed by atoms with van der Waals surface area (Å²) in [6.45, 7) is 4.06. The first-order valence-electron chi connectivity index (χ1n) is 9.57. The van der Waals surface area contributed by atoms with Gasteiger partial charge >= 0.3 is 0 Å². The topological polar surface area (TPSA) is 78.5 Å². The van der Waals surface area contributed by atoms with Crippen LogP contribution in [0.2, 0.25) is 5.02 Å². The Kier molecular flexibility index (Phi) is 6.54. The van der Waals surface area contributed by atoms with Crippen LogP contribution in [0, 0.1) is 6.92 Å². The zero-order chi connectivity index (χ0) is 21.0. The number of nitrogens with one attached hydrogen (secondary N) is 2. The van der Waals surface area contributed by atoms with Crippen molar-refractivity contribution < 1.29 is 14.4 Å². The van der Waals surface area contributed by atoms with E-state index in [1.165, 1.54) is 6.92 Å². The molecule has 0 aliphatic carbocycles. The van der Waals surface area contributed by atoms with E-state index in [2.05, 4.69) is 10.6 Å². The standard InChI is InChI=1S/C22H24ClN3O3/c1-14-5-7-16(8-6-14)19(24-15(2)27)13-21(28)25-17-9-10-20(18(23)12-17)26-11-3-4-22(26)29/h5-10,12,19H,3-4,11,13H2,1-2H3,(H,24,27)(H,25,28)/t19-/m1/s1. The van der Waals surface area contributed by atoms with Crippen LogP contribution in [0.25, 0.3) is 0 Å². The third-order valence-electron chi connectivity index (χ3n) is 4.84. The highest BCUT2D eigenvalue weighted by Gasteiger charge is 2.24. The van der Waals surface area contributed by atoms with Crippen molar-refractivity contribution in [2.75, 3.05) is 16.8 Å². The number of anilines is 2. The molecule has 2 aromatic carbocycles. The van der Waals surface area contributed by atoms with Gasteiger partial charge < -0.3 is 15.5 Å². The molecule has 6 nitrogen and oxygen atoms in total. The van der Waals surface area contributed by atoms with Gasteiger partial charge in [0.1, 0.15) is 0 Å². The Hall–Kier alpha value is -2.86. The van der Waals surface area contributed by atoms with Crippen LogP contribution in [0.1, 0.15) is 43.4 Å². The Morgan fingerprint density at radius 2 is 1.90 bits per heavy atom. The van der Waals surface area contributed by atoms with E-state index in [-0.39, 0.29) is 24.1 Å². The predicted octanol–water partition coefficient (Wildman–Crippen LogP) is 3.98. The molecular formula is C22H24ClN3O3. The van der Waals surface area contributed by atoms with Gasteiger partial charge in [0.05, 0.1) is 23.2 Å². The molecule has 0 unspecified atom stereocenters. The highest BCUT2D eigenvalue weighted by molar-refractivity contribution is 6.34. The molecule has 1 aliphatic rings. The number of halogens is 1. The number of hydrogen-bond acceptors (Lipinski definition) is 3. The number of carbonyl (C=O) groups is 3. The van der Waals surface area contributed by atoms with E-state index in [1.807, 2.05) is 31.2 Å². The number of carbonyl (C=O) groups excluding carboxylic acids is 3. The van der Waals surface area contributed by atoms with Crippen molar-refractivity contribution >= 4 is 40.7 Å². The summed E-state index contributed by atoms with van der Waals surface area (Å²) in [7, 11) is 0. The summed E-state index contributed by atoms with van der Waals surface area (Å²) in [6.07, 6.45) is 1.43. The fraction of sp³-hybridized carbons (Fsp3) is 0.318. The third-order valence-corrected chi connectivity index (χ3v) is 5.15. The van der Waals surface area contributed by atoms with Gasteiger partial charge in [-0.2, -0.15) is 0 Å². The summed E-state index contributed by atoms with van der Waals surface area (Å²) in [5.74, 6) is -0.392. The van der Waals surface area contributed by atoms with Crippen LogP contribution < -0.4 is 15.5 Å². The van der Waals surface area contributed by atoms with Gasteiger partial charge in [-0.15, -0.1) is 0 Å². The molecule has 2 N–H and O–H groups in total. The van der Waals surface area contributed by atoms with E-state index in [1.54, 1.807) is 23.1 Å². The van der Waals surface area contributed by atoms with Crippen molar-refractivity contribution in [2.24, 2.45) is 0 Å². The second-order valence-electron chi connectivity index (χ2n) is 7.23. The second-order valence-corrected chi connectivity index (χ2v) is 7.64. The van der Waals surface area contributed by atoms with Crippen LogP contribution >= 0.6 is 11.6 Å². The number of hydrogen-bond donors (Lipinski definition) is 2. The second kappa shape index (κ2) is 9.09. The monoisotopic (exact) mass is 413 g/mol. The molecule has 3 amide bonds. The molecule has 29 heavy (non-hydrogen) atoms. The summed E-state index contributed by atoms with van der Waals surface area (Å²) in [4.78, 5) is 37.7. The minimum absolute atomic E-state index is 0.0555. The highest BCUT2D eigenvalue weighted by Crippen LogP contribution is 2.32. The lowest BCUT2D eigenvalue weighted by Gasteiger charge is -2.20. The summed E-state index contributed by atoms with van der Waals surface area (Å²) in [5, 5.41) is 6.06. The quantitative estimate of drug-likeness (QED) is 0.751. The molecule has 0 bridgehead atoms. The number of benzene rings is 2. The van der Waals surface area contributed by atoms with Gasteiger partial charge in [0.25, 0.3) is 0 Å². The molecule has 1 fully saturated rings. The Balaban J connectivity index is 1.69. The van der Waals surface area contributed by atoms with Gasteiger partial charge in [-0.1, -0.05) is 41.4 Å². The summed E-state index contributed by atoms with van der Waals surface area (Å²) in [6, 6.07) is 12.4. The Bertz CT molecular complexity index is 927. The molecule has 3 rings (SSSR count). The minimum Gasteiger partial charge on any atom is -0.349 e. The molecule has 1 heterocycles.